The monoisotopic (exact) mass is 566 g/mol. The van der Waals surface area contributed by atoms with Crippen molar-refractivity contribution in [2.45, 2.75) is 38.8 Å². The summed E-state index contributed by atoms with van der Waals surface area (Å²) < 4.78 is 0. The van der Waals surface area contributed by atoms with Crippen LogP contribution in [-0.2, 0) is 17.8 Å². The number of aliphatic carboxylic acids is 1. The van der Waals surface area contributed by atoms with Crippen LogP contribution in [0.5, 0.6) is 0 Å². The maximum absolute atomic E-state index is 13.5. The van der Waals surface area contributed by atoms with E-state index in [2.05, 4.69) is 83.9 Å². The summed E-state index contributed by atoms with van der Waals surface area (Å²) in [5.41, 5.74) is 7.07. The number of para-hydroxylation sites is 1. The van der Waals surface area contributed by atoms with Gasteiger partial charge in [0.05, 0.1) is 0 Å². The van der Waals surface area contributed by atoms with Crippen LogP contribution in [-0.4, -0.2) is 41.6 Å². The quantitative estimate of drug-likeness (QED) is 0.230. The third kappa shape index (κ3) is 8.73. The van der Waals surface area contributed by atoms with Gasteiger partial charge in [-0.1, -0.05) is 84.5 Å². The Morgan fingerprint density at radius 2 is 1.66 bits per heavy atom. The maximum Gasteiger partial charge on any atom is 0.326 e. The molecular weight excluding hydrogens is 528 g/mol. The number of hydrogen-bond acceptors (Lipinski definition) is 4. The lowest BCUT2D eigenvalue weighted by molar-refractivity contribution is -0.139. The average molecular weight is 567 g/mol. The minimum absolute atomic E-state index is 0.361. The number of carbonyl (C=O) groups is 2. The lowest BCUT2D eigenvalue weighted by atomic mass is 9.92. The van der Waals surface area contributed by atoms with E-state index in [1.54, 1.807) is 11.8 Å². The molecule has 0 aromatic heterocycles. The Morgan fingerprint density at radius 3 is 2.37 bits per heavy atom. The number of hydrogen-bond donors (Lipinski definition) is 2. The molecule has 0 fully saturated rings. The number of nitrogens with zero attached hydrogens (tertiary/aromatic N) is 1. The topological polar surface area (TPSA) is 69.6 Å². The smallest absolute Gasteiger partial charge is 0.326 e. The molecule has 212 valence electrons. The Bertz CT molecular complexity index is 1410. The first-order valence-electron chi connectivity index (χ1n) is 14.0. The summed E-state index contributed by atoms with van der Waals surface area (Å²) >= 11 is 1.56. The fraction of sp³-hybridized carbons (Fsp3) is 0.257. The van der Waals surface area contributed by atoms with E-state index in [0.29, 0.717) is 30.7 Å². The summed E-state index contributed by atoms with van der Waals surface area (Å²) in [6.45, 7) is 3.60. The first kappa shape index (κ1) is 29.9. The summed E-state index contributed by atoms with van der Waals surface area (Å²) in [7, 11) is 0. The van der Waals surface area contributed by atoms with Crippen molar-refractivity contribution in [1.29, 1.82) is 0 Å². The lowest BCUT2D eigenvalue weighted by Gasteiger charge is -2.26. The van der Waals surface area contributed by atoms with Gasteiger partial charge < -0.3 is 15.3 Å². The van der Waals surface area contributed by atoms with Gasteiger partial charge in [-0.15, -0.1) is 0 Å². The molecule has 0 heterocycles. The molecule has 1 atom stereocenters. The fourth-order valence-corrected chi connectivity index (χ4v) is 5.42. The highest BCUT2D eigenvalue weighted by Crippen LogP contribution is 2.30. The average Bonchev–Trinajstić information content (AvgIpc) is 3.22. The largest absolute Gasteiger partial charge is 0.480 e. The number of nitrogens with one attached hydrogen (secondary N) is 1. The Balaban J connectivity index is 1.66. The van der Waals surface area contributed by atoms with E-state index in [0.717, 1.165) is 35.4 Å². The number of amides is 1. The molecule has 3 aromatic carbocycles. The highest BCUT2D eigenvalue weighted by Gasteiger charge is 2.23. The predicted octanol–water partition coefficient (Wildman–Crippen LogP) is 7.16. The number of carbonyl (C=O) groups excluding carboxylic acids is 1. The number of carboxylic acids is 1. The highest BCUT2D eigenvalue weighted by atomic mass is 32.2. The number of thioether (sulfide) groups is 1. The molecule has 3 aromatic rings. The van der Waals surface area contributed by atoms with Crippen molar-refractivity contribution in [1.82, 2.24) is 5.32 Å². The van der Waals surface area contributed by atoms with Gasteiger partial charge in [0.25, 0.3) is 5.91 Å². The molecule has 2 N–H and O–H groups in total. The van der Waals surface area contributed by atoms with E-state index in [-0.39, 0.29) is 5.91 Å². The Hall–Kier alpha value is -4.03. The van der Waals surface area contributed by atoms with Crippen LogP contribution in [0.3, 0.4) is 0 Å². The maximum atomic E-state index is 13.5. The number of rotatable bonds is 13. The zero-order valence-corrected chi connectivity index (χ0v) is 24.6. The van der Waals surface area contributed by atoms with Gasteiger partial charge in [-0.05, 0) is 84.7 Å². The number of carboxylic acid groups (broad SMARTS) is 1. The van der Waals surface area contributed by atoms with Gasteiger partial charge in [0.15, 0.2) is 0 Å². The molecule has 1 unspecified atom stereocenters. The second-order valence-corrected chi connectivity index (χ2v) is 11.3. The summed E-state index contributed by atoms with van der Waals surface area (Å²) in [5.74, 6) is -0.723. The molecule has 5 nitrogen and oxygen atoms in total. The molecule has 0 saturated carbocycles. The second-order valence-electron chi connectivity index (χ2n) is 10.3. The minimum Gasteiger partial charge on any atom is -0.480 e. The summed E-state index contributed by atoms with van der Waals surface area (Å²) in [6.07, 6.45) is 12.1. The van der Waals surface area contributed by atoms with Crippen LogP contribution < -0.4 is 10.2 Å². The summed E-state index contributed by atoms with van der Waals surface area (Å²) in [5, 5.41) is 12.5. The SMILES string of the molecule is CSCCC(NC(=O)c1ccc(CN(CCc2ccccc2)c2ccccc2)cc1C1=CC=CC=C(C)C1)C(=O)O. The van der Waals surface area contributed by atoms with E-state index in [4.69, 9.17) is 0 Å². The van der Waals surface area contributed by atoms with Crippen LogP contribution in [0.2, 0.25) is 0 Å². The molecule has 6 heteroatoms. The van der Waals surface area contributed by atoms with Crippen LogP contribution in [0.1, 0.15) is 46.8 Å². The molecular formula is C35H38N2O3S. The standard InChI is InChI=1S/C35H38N2O3S/c1-26-11-9-10-14-29(23-26)32-24-28(17-18-31(32)34(38)36-33(35(39)40)20-22-41-2)25-37(30-15-7-4-8-16-30)21-19-27-12-5-3-6-13-27/h3-18,24,33H,19-23,25H2,1-2H3,(H,36,38)(H,39,40). The van der Waals surface area contributed by atoms with E-state index < -0.39 is 12.0 Å². The lowest BCUT2D eigenvalue weighted by Crippen LogP contribution is -2.41. The van der Waals surface area contributed by atoms with Crippen LogP contribution in [0.15, 0.2) is 109 Å². The van der Waals surface area contributed by atoms with Gasteiger partial charge in [0, 0.05) is 24.3 Å². The zero-order chi connectivity index (χ0) is 29.0. The van der Waals surface area contributed by atoms with Gasteiger partial charge in [0.2, 0.25) is 0 Å². The van der Waals surface area contributed by atoms with Crippen LogP contribution >= 0.6 is 11.8 Å². The van der Waals surface area contributed by atoms with E-state index >= 15 is 0 Å². The highest BCUT2D eigenvalue weighted by molar-refractivity contribution is 7.98. The van der Waals surface area contributed by atoms with Crippen molar-refractivity contribution in [3.8, 4) is 0 Å². The Morgan fingerprint density at radius 1 is 0.951 bits per heavy atom. The van der Waals surface area contributed by atoms with Crippen LogP contribution in [0, 0.1) is 0 Å². The summed E-state index contributed by atoms with van der Waals surface area (Å²) in [4.78, 5) is 27.7. The molecule has 4 rings (SSSR count). The third-order valence-corrected chi connectivity index (χ3v) is 7.80. The van der Waals surface area contributed by atoms with Crippen molar-refractivity contribution >= 4 is 34.9 Å². The van der Waals surface area contributed by atoms with Gasteiger partial charge in [-0.25, -0.2) is 4.79 Å². The molecule has 1 amide bonds. The zero-order valence-electron chi connectivity index (χ0n) is 23.8. The van der Waals surface area contributed by atoms with Crippen LogP contribution in [0.25, 0.3) is 5.57 Å². The van der Waals surface area contributed by atoms with E-state index in [9.17, 15) is 14.7 Å². The van der Waals surface area contributed by atoms with Crippen LogP contribution in [0.4, 0.5) is 5.69 Å². The van der Waals surface area contributed by atoms with Crippen molar-refractivity contribution < 1.29 is 14.7 Å². The molecule has 0 spiro atoms. The molecule has 41 heavy (non-hydrogen) atoms. The molecule has 0 saturated heterocycles. The molecule has 0 aliphatic heterocycles. The Labute approximate surface area is 247 Å². The van der Waals surface area contributed by atoms with E-state index in [1.165, 1.54) is 11.1 Å². The number of anilines is 1. The molecule has 1 aliphatic rings. The molecule has 0 radical (unpaired) electrons. The fourth-order valence-electron chi connectivity index (χ4n) is 4.94. The van der Waals surface area contributed by atoms with E-state index in [1.807, 2.05) is 42.7 Å². The van der Waals surface area contributed by atoms with Crippen molar-refractivity contribution in [2.75, 3.05) is 23.5 Å². The first-order valence-corrected chi connectivity index (χ1v) is 15.4. The van der Waals surface area contributed by atoms with Gasteiger partial charge in [-0.3, -0.25) is 4.79 Å². The minimum atomic E-state index is -1.02. The van der Waals surface area contributed by atoms with Crippen molar-refractivity contribution in [3.05, 3.63) is 131 Å². The van der Waals surface area contributed by atoms with Gasteiger partial charge >= 0.3 is 5.97 Å². The van der Waals surface area contributed by atoms with Gasteiger partial charge in [-0.2, -0.15) is 11.8 Å². The Kier molecular flexibility index (Phi) is 11.0. The number of allylic oxidation sites excluding steroid dienone is 6. The third-order valence-electron chi connectivity index (χ3n) is 7.16. The van der Waals surface area contributed by atoms with Crippen molar-refractivity contribution in [3.63, 3.8) is 0 Å². The van der Waals surface area contributed by atoms with Gasteiger partial charge in [0.1, 0.15) is 6.04 Å². The normalized spacial score (nSPS) is 13.5. The van der Waals surface area contributed by atoms with Crippen molar-refractivity contribution in [2.24, 2.45) is 0 Å². The molecule has 1 aliphatic carbocycles. The summed E-state index contributed by atoms with van der Waals surface area (Å²) in [6, 6.07) is 25.9. The second kappa shape index (κ2) is 15.1. The first-order chi connectivity index (χ1) is 19.9. The predicted molar refractivity (Wildman–Crippen MR) is 171 cm³/mol. The number of benzene rings is 3. The molecule has 0 bridgehead atoms.